The van der Waals surface area contributed by atoms with E-state index in [-0.39, 0.29) is 0 Å². The average Bonchev–Trinajstić information content (AvgIpc) is 2.81. The normalized spacial score (nSPS) is 39.6. The smallest absolute Gasteiger partial charge is 0.0263 e. The van der Waals surface area contributed by atoms with Crippen LogP contribution in [0.5, 0.6) is 0 Å². The molecule has 0 spiro atoms. The summed E-state index contributed by atoms with van der Waals surface area (Å²) in [6.07, 6.45) is 9.06. The lowest BCUT2D eigenvalue weighted by Crippen LogP contribution is -2.18. The van der Waals surface area contributed by atoms with Gasteiger partial charge in [0.2, 0.25) is 0 Å². The van der Waals surface area contributed by atoms with Crippen LogP contribution in [0.4, 0.5) is 0 Å². The Bertz CT molecular complexity index is 247. The van der Waals surface area contributed by atoms with Crippen molar-refractivity contribution < 1.29 is 0 Å². The second-order valence-electron chi connectivity index (χ2n) is 7.69. The Labute approximate surface area is 102 Å². The molecule has 0 heterocycles. The molecule has 0 aromatic heterocycles. The van der Waals surface area contributed by atoms with Gasteiger partial charge in [-0.3, -0.25) is 0 Å². The van der Waals surface area contributed by atoms with Gasteiger partial charge in [0.15, 0.2) is 0 Å². The van der Waals surface area contributed by atoms with Crippen molar-refractivity contribution in [3.63, 3.8) is 0 Å². The van der Waals surface area contributed by atoms with Gasteiger partial charge in [0.1, 0.15) is 0 Å². The van der Waals surface area contributed by atoms with Gasteiger partial charge in [0.25, 0.3) is 0 Å². The monoisotopic (exact) mass is 222 g/mol. The molecule has 0 N–H and O–H groups in total. The minimum absolute atomic E-state index is 0.504. The van der Waals surface area contributed by atoms with E-state index in [2.05, 4.69) is 34.6 Å². The largest absolute Gasteiger partial charge is 0.0651 e. The summed E-state index contributed by atoms with van der Waals surface area (Å²) in [6, 6.07) is 0. The minimum Gasteiger partial charge on any atom is -0.0651 e. The summed E-state index contributed by atoms with van der Waals surface area (Å²) < 4.78 is 0. The predicted molar refractivity (Wildman–Crippen MR) is 71.4 cm³/mol. The summed E-state index contributed by atoms with van der Waals surface area (Å²) in [5.74, 6) is 3.10. The van der Waals surface area contributed by atoms with Crippen LogP contribution in [0.25, 0.3) is 0 Å². The molecule has 2 aliphatic rings. The molecular formula is C16H30. The lowest BCUT2D eigenvalue weighted by molar-refractivity contribution is 0.223. The highest BCUT2D eigenvalue weighted by atomic mass is 14.6. The third-order valence-corrected chi connectivity index (χ3v) is 5.91. The highest BCUT2D eigenvalue weighted by Gasteiger charge is 2.59. The van der Waals surface area contributed by atoms with Crippen LogP contribution in [0, 0.1) is 28.6 Å². The first-order chi connectivity index (χ1) is 7.39. The molecule has 2 rings (SSSR count). The van der Waals surface area contributed by atoms with E-state index in [1.54, 1.807) is 12.8 Å². The van der Waals surface area contributed by atoms with Crippen LogP contribution in [-0.4, -0.2) is 0 Å². The van der Waals surface area contributed by atoms with Crippen molar-refractivity contribution in [2.45, 2.75) is 73.1 Å². The number of rotatable bonds is 4. The number of fused-ring (bicyclic) bond motifs is 1. The van der Waals surface area contributed by atoms with Gasteiger partial charge in [-0.1, -0.05) is 41.0 Å². The minimum atomic E-state index is 0.504. The zero-order chi connectivity index (χ0) is 12.0. The van der Waals surface area contributed by atoms with E-state index in [1.807, 2.05) is 0 Å². The van der Waals surface area contributed by atoms with Crippen molar-refractivity contribution in [3.8, 4) is 0 Å². The molecule has 4 unspecified atom stereocenters. The van der Waals surface area contributed by atoms with E-state index in [0.717, 1.165) is 23.2 Å². The average molecular weight is 222 g/mol. The van der Waals surface area contributed by atoms with Gasteiger partial charge >= 0.3 is 0 Å². The van der Waals surface area contributed by atoms with E-state index in [4.69, 9.17) is 0 Å². The second kappa shape index (κ2) is 4.03. The molecule has 0 aromatic rings. The molecule has 2 fully saturated rings. The van der Waals surface area contributed by atoms with Crippen molar-refractivity contribution in [1.29, 1.82) is 0 Å². The summed E-state index contributed by atoms with van der Waals surface area (Å²) >= 11 is 0. The van der Waals surface area contributed by atoms with Crippen molar-refractivity contribution in [2.24, 2.45) is 28.6 Å². The molecule has 0 aliphatic heterocycles. The van der Waals surface area contributed by atoms with Crippen LogP contribution in [0.2, 0.25) is 0 Å². The van der Waals surface area contributed by atoms with Crippen molar-refractivity contribution in [1.82, 2.24) is 0 Å². The molecule has 16 heavy (non-hydrogen) atoms. The molecule has 94 valence electrons. The number of hydrogen-bond donors (Lipinski definition) is 0. The van der Waals surface area contributed by atoms with E-state index < -0.39 is 0 Å². The molecule has 0 amide bonds. The third kappa shape index (κ3) is 2.17. The molecule has 0 saturated heterocycles. The molecule has 0 radical (unpaired) electrons. The summed E-state index contributed by atoms with van der Waals surface area (Å²) in [4.78, 5) is 0. The van der Waals surface area contributed by atoms with Crippen molar-refractivity contribution >= 4 is 0 Å². The van der Waals surface area contributed by atoms with E-state index >= 15 is 0 Å². The van der Waals surface area contributed by atoms with Crippen LogP contribution in [-0.2, 0) is 0 Å². The zero-order valence-electron chi connectivity index (χ0n) is 12.0. The first kappa shape index (κ1) is 12.5. The van der Waals surface area contributed by atoms with Crippen molar-refractivity contribution in [3.05, 3.63) is 0 Å². The van der Waals surface area contributed by atoms with Crippen LogP contribution >= 0.6 is 0 Å². The Morgan fingerprint density at radius 2 is 2.00 bits per heavy atom. The van der Waals surface area contributed by atoms with Crippen molar-refractivity contribution in [2.75, 3.05) is 0 Å². The highest BCUT2D eigenvalue weighted by Crippen LogP contribution is 2.69. The Morgan fingerprint density at radius 1 is 1.31 bits per heavy atom. The first-order valence-electron chi connectivity index (χ1n) is 7.39. The van der Waals surface area contributed by atoms with E-state index in [0.29, 0.717) is 5.41 Å². The van der Waals surface area contributed by atoms with Gasteiger partial charge < -0.3 is 0 Å². The SMILES string of the molecule is CCC1CCC2(CCC(C)C(C)(C)C)CC12. The Kier molecular flexibility index (Phi) is 3.14. The van der Waals surface area contributed by atoms with Crippen LogP contribution in [0.15, 0.2) is 0 Å². The molecule has 0 heteroatoms. The van der Waals surface area contributed by atoms with Crippen LogP contribution < -0.4 is 0 Å². The van der Waals surface area contributed by atoms with E-state index in [1.165, 1.54) is 25.7 Å². The summed E-state index contributed by atoms with van der Waals surface area (Å²) in [5.41, 5.74) is 1.34. The Balaban J connectivity index is 1.81. The first-order valence-corrected chi connectivity index (χ1v) is 7.39. The highest BCUT2D eigenvalue weighted by molar-refractivity contribution is 5.09. The lowest BCUT2D eigenvalue weighted by atomic mass is 9.77. The fourth-order valence-electron chi connectivity index (χ4n) is 3.85. The molecule has 2 saturated carbocycles. The zero-order valence-corrected chi connectivity index (χ0v) is 12.0. The van der Waals surface area contributed by atoms with Gasteiger partial charge in [0.05, 0.1) is 0 Å². The Morgan fingerprint density at radius 3 is 2.44 bits per heavy atom. The van der Waals surface area contributed by atoms with Gasteiger partial charge in [0, 0.05) is 0 Å². The molecule has 2 aliphatic carbocycles. The van der Waals surface area contributed by atoms with Gasteiger partial charge in [-0.2, -0.15) is 0 Å². The van der Waals surface area contributed by atoms with Crippen LogP contribution in [0.3, 0.4) is 0 Å². The standard InChI is InChI=1S/C16H30/c1-6-13-8-10-16(11-14(13)16)9-7-12(2)15(3,4)5/h12-14H,6-11H2,1-5H3. The molecule has 0 nitrogen and oxygen atoms in total. The van der Waals surface area contributed by atoms with E-state index in [9.17, 15) is 0 Å². The topological polar surface area (TPSA) is 0 Å². The summed E-state index contributed by atoms with van der Waals surface area (Å²) in [6.45, 7) is 12.0. The van der Waals surface area contributed by atoms with Crippen LogP contribution in [0.1, 0.15) is 73.1 Å². The molecule has 0 bridgehead atoms. The maximum absolute atomic E-state index is 2.44. The fraction of sp³-hybridized carbons (Fsp3) is 1.00. The Hall–Kier alpha value is 0. The third-order valence-electron chi connectivity index (χ3n) is 5.91. The maximum atomic E-state index is 2.44. The maximum Gasteiger partial charge on any atom is -0.0263 e. The number of hydrogen-bond acceptors (Lipinski definition) is 0. The summed E-state index contributed by atoms with van der Waals surface area (Å²) in [7, 11) is 0. The molecular weight excluding hydrogens is 192 g/mol. The molecule has 4 atom stereocenters. The van der Waals surface area contributed by atoms with Gasteiger partial charge in [-0.15, -0.1) is 0 Å². The lowest BCUT2D eigenvalue weighted by Gasteiger charge is -2.28. The van der Waals surface area contributed by atoms with Gasteiger partial charge in [-0.25, -0.2) is 0 Å². The second-order valence-corrected chi connectivity index (χ2v) is 7.69. The quantitative estimate of drug-likeness (QED) is 0.607. The predicted octanol–water partition coefficient (Wildman–Crippen LogP) is 5.28. The fourth-order valence-corrected chi connectivity index (χ4v) is 3.85. The van der Waals surface area contributed by atoms with Gasteiger partial charge in [-0.05, 0) is 60.7 Å². The molecule has 0 aromatic carbocycles. The summed E-state index contributed by atoms with van der Waals surface area (Å²) in [5, 5.41) is 0.